The number of guanidine groups is 1. The van der Waals surface area contributed by atoms with E-state index in [9.17, 15) is 10.1 Å². The van der Waals surface area contributed by atoms with E-state index in [0.29, 0.717) is 5.65 Å². The number of nitrogens with zero attached hydrogens (tertiary/aromatic N) is 8. The molecule has 12 nitrogen and oxygen atoms in total. The molecule has 4 N–H and O–H groups in total. The molecule has 3 aromatic rings. The Morgan fingerprint density at radius 2 is 2.09 bits per heavy atom. The van der Waals surface area contributed by atoms with Crippen molar-refractivity contribution in [1.82, 2.24) is 29.4 Å². The third kappa shape index (κ3) is 2.07. The van der Waals surface area contributed by atoms with Crippen molar-refractivity contribution in [2.24, 2.45) is 23.5 Å². The van der Waals surface area contributed by atoms with Crippen LogP contribution in [0, 0.1) is 10.1 Å². The predicted molar refractivity (Wildman–Crippen MR) is 75.1 cm³/mol. The molecule has 22 heavy (non-hydrogen) atoms. The first-order valence-corrected chi connectivity index (χ1v) is 5.96. The fourth-order valence-electron chi connectivity index (χ4n) is 1.89. The normalized spacial score (nSPS) is 10.8. The van der Waals surface area contributed by atoms with Gasteiger partial charge in [0.15, 0.2) is 17.4 Å². The van der Waals surface area contributed by atoms with Gasteiger partial charge in [-0.25, -0.2) is 9.55 Å². The van der Waals surface area contributed by atoms with Crippen LogP contribution >= 0.6 is 0 Å². The first-order chi connectivity index (χ1) is 10.5. The Kier molecular flexibility index (Phi) is 2.90. The second kappa shape index (κ2) is 4.76. The lowest BCUT2D eigenvalue weighted by atomic mass is 10.5. The number of nitrogens with two attached hydrogens (primary N) is 2. The van der Waals surface area contributed by atoms with Crippen LogP contribution in [-0.2, 0) is 7.05 Å². The standard InChI is InChI=1S/C10H10N10O2/c1-18-7(20(21)22)4-13-8(18)9-16-15-6-3-2-5(14-10(11)12)17-19(6)9/h2-4H,1H3,(H4,11,12,14,17). The first kappa shape index (κ1) is 13.4. The average Bonchev–Trinajstić information content (AvgIpc) is 3.01. The molecule has 0 spiro atoms. The summed E-state index contributed by atoms with van der Waals surface area (Å²) in [6.45, 7) is 0. The van der Waals surface area contributed by atoms with E-state index >= 15 is 0 Å². The first-order valence-electron chi connectivity index (χ1n) is 5.96. The predicted octanol–water partition coefficient (Wildman–Crippen LogP) is -0.662. The second-order valence-corrected chi connectivity index (χ2v) is 4.28. The summed E-state index contributed by atoms with van der Waals surface area (Å²) < 4.78 is 2.64. The van der Waals surface area contributed by atoms with E-state index in [0.717, 1.165) is 6.20 Å². The Hall–Kier alpha value is -3.57. The number of rotatable bonds is 3. The van der Waals surface area contributed by atoms with E-state index in [2.05, 4.69) is 25.3 Å². The van der Waals surface area contributed by atoms with Crippen LogP contribution in [0.15, 0.2) is 23.3 Å². The third-order valence-electron chi connectivity index (χ3n) is 2.84. The summed E-state index contributed by atoms with van der Waals surface area (Å²) in [6, 6.07) is 3.18. The molecule has 3 rings (SSSR count). The molecule has 12 heteroatoms. The summed E-state index contributed by atoms with van der Waals surface area (Å²) in [5.41, 5.74) is 11.0. The van der Waals surface area contributed by atoms with Gasteiger partial charge in [-0.15, -0.1) is 15.3 Å². The fourth-order valence-corrected chi connectivity index (χ4v) is 1.89. The lowest BCUT2D eigenvalue weighted by Gasteiger charge is -1.99. The number of fused-ring (bicyclic) bond motifs is 1. The molecule has 0 radical (unpaired) electrons. The van der Waals surface area contributed by atoms with Crippen molar-refractivity contribution in [2.75, 3.05) is 0 Å². The average molecular weight is 302 g/mol. The highest BCUT2D eigenvalue weighted by Crippen LogP contribution is 2.21. The SMILES string of the molecule is Cn1c([N+](=O)[O-])cnc1-c1nnc2ccc(N=C(N)N)nn12. The molecule has 0 aliphatic carbocycles. The van der Waals surface area contributed by atoms with Crippen molar-refractivity contribution in [3.8, 4) is 11.6 Å². The van der Waals surface area contributed by atoms with Crippen molar-refractivity contribution in [3.05, 3.63) is 28.4 Å². The Morgan fingerprint density at radius 1 is 1.32 bits per heavy atom. The van der Waals surface area contributed by atoms with Crippen LogP contribution in [0.2, 0.25) is 0 Å². The summed E-state index contributed by atoms with van der Waals surface area (Å²) in [5.74, 6) is 0.408. The molecule has 0 saturated heterocycles. The molecule has 0 bridgehead atoms. The molecule has 0 unspecified atom stereocenters. The quantitative estimate of drug-likeness (QED) is 0.278. The van der Waals surface area contributed by atoms with Crippen molar-refractivity contribution in [1.29, 1.82) is 0 Å². The topological polar surface area (TPSA) is 168 Å². The van der Waals surface area contributed by atoms with Gasteiger partial charge >= 0.3 is 5.82 Å². The van der Waals surface area contributed by atoms with Crippen molar-refractivity contribution >= 4 is 23.2 Å². The van der Waals surface area contributed by atoms with Crippen LogP contribution in [0.25, 0.3) is 17.3 Å². The summed E-state index contributed by atoms with van der Waals surface area (Å²) in [4.78, 5) is 18.2. The molecule has 0 aromatic carbocycles. The number of imidazole rings is 1. The minimum Gasteiger partial charge on any atom is -0.370 e. The Bertz CT molecular complexity index is 904. The van der Waals surface area contributed by atoms with Gasteiger partial charge in [-0.2, -0.15) is 9.51 Å². The Labute approximate surface area is 122 Å². The van der Waals surface area contributed by atoms with Gasteiger partial charge in [0.05, 0.1) is 7.05 Å². The van der Waals surface area contributed by atoms with Gasteiger partial charge in [0.2, 0.25) is 5.82 Å². The van der Waals surface area contributed by atoms with Crippen LogP contribution in [0.1, 0.15) is 0 Å². The molecule has 0 amide bonds. The number of nitro groups is 1. The maximum absolute atomic E-state index is 10.9. The van der Waals surface area contributed by atoms with E-state index < -0.39 is 4.92 Å². The third-order valence-corrected chi connectivity index (χ3v) is 2.84. The zero-order valence-corrected chi connectivity index (χ0v) is 11.3. The number of aliphatic imine (C=N–C) groups is 1. The Morgan fingerprint density at radius 3 is 2.73 bits per heavy atom. The van der Waals surface area contributed by atoms with Gasteiger partial charge in [-0.05, 0) is 17.1 Å². The molecule has 0 saturated carbocycles. The van der Waals surface area contributed by atoms with Gasteiger partial charge < -0.3 is 21.6 Å². The van der Waals surface area contributed by atoms with Crippen molar-refractivity contribution in [3.63, 3.8) is 0 Å². The molecule has 0 atom stereocenters. The fraction of sp³-hybridized carbons (Fsp3) is 0.100. The van der Waals surface area contributed by atoms with E-state index in [-0.39, 0.29) is 29.2 Å². The monoisotopic (exact) mass is 302 g/mol. The minimum absolute atomic E-state index is 0.144. The van der Waals surface area contributed by atoms with Gasteiger partial charge in [0.1, 0.15) is 6.20 Å². The molecule has 3 aromatic heterocycles. The van der Waals surface area contributed by atoms with E-state index in [4.69, 9.17) is 11.5 Å². The molecule has 3 heterocycles. The van der Waals surface area contributed by atoms with Gasteiger partial charge in [-0.1, -0.05) is 0 Å². The summed E-state index contributed by atoms with van der Waals surface area (Å²) >= 11 is 0. The van der Waals surface area contributed by atoms with Crippen LogP contribution in [0.4, 0.5) is 11.6 Å². The molecule has 0 fully saturated rings. The lowest BCUT2D eigenvalue weighted by molar-refractivity contribution is -0.391. The van der Waals surface area contributed by atoms with E-state index in [1.165, 1.54) is 16.1 Å². The van der Waals surface area contributed by atoms with Crippen LogP contribution in [0.3, 0.4) is 0 Å². The maximum atomic E-state index is 10.9. The smallest absolute Gasteiger partial charge is 0.343 e. The second-order valence-electron chi connectivity index (χ2n) is 4.28. The zero-order chi connectivity index (χ0) is 15.9. The van der Waals surface area contributed by atoms with Gasteiger partial charge in [0.25, 0.3) is 5.82 Å². The Balaban J connectivity index is 2.19. The van der Waals surface area contributed by atoms with Crippen LogP contribution < -0.4 is 11.5 Å². The summed E-state index contributed by atoms with van der Waals surface area (Å²) in [6.07, 6.45) is 1.14. The molecule has 0 aliphatic heterocycles. The number of aromatic nitrogens is 6. The summed E-state index contributed by atoms with van der Waals surface area (Å²) in [5, 5.41) is 22.9. The number of hydrogen-bond acceptors (Lipinski definition) is 7. The minimum atomic E-state index is -0.544. The van der Waals surface area contributed by atoms with Crippen LogP contribution in [0.5, 0.6) is 0 Å². The van der Waals surface area contributed by atoms with Crippen molar-refractivity contribution in [2.45, 2.75) is 0 Å². The van der Waals surface area contributed by atoms with Gasteiger partial charge in [-0.3, -0.25) is 0 Å². The zero-order valence-electron chi connectivity index (χ0n) is 11.3. The molecule has 112 valence electrons. The van der Waals surface area contributed by atoms with Crippen LogP contribution in [-0.4, -0.2) is 40.2 Å². The highest BCUT2D eigenvalue weighted by atomic mass is 16.6. The van der Waals surface area contributed by atoms with E-state index in [1.54, 1.807) is 12.1 Å². The van der Waals surface area contributed by atoms with Gasteiger partial charge in [0, 0.05) is 0 Å². The summed E-state index contributed by atoms with van der Waals surface area (Å²) in [7, 11) is 1.50. The largest absolute Gasteiger partial charge is 0.370 e. The number of hydrogen-bond donors (Lipinski definition) is 2. The molecule has 0 aliphatic rings. The molecular weight excluding hydrogens is 292 g/mol. The highest BCUT2D eigenvalue weighted by molar-refractivity contribution is 5.78. The highest BCUT2D eigenvalue weighted by Gasteiger charge is 2.23. The lowest BCUT2D eigenvalue weighted by Crippen LogP contribution is -2.22. The van der Waals surface area contributed by atoms with E-state index in [1.807, 2.05) is 0 Å². The van der Waals surface area contributed by atoms with Crippen molar-refractivity contribution < 1.29 is 4.92 Å². The maximum Gasteiger partial charge on any atom is 0.343 e. The molecular formula is C10H10N10O2.